The predicted octanol–water partition coefficient (Wildman–Crippen LogP) is 7.54. The summed E-state index contributed by atoms with van der Waals surface area (Å²) in [7, 11) is 0. The lowest BCUT2D eigenvalue weighted by Crippen LogP contribution is -2.32. The van der Waals surface area contributed by atoms with E-state index >= 15 is 0 Å². The fourth-order valence-electron chi connectivity index (χ4n) is 3.19. The number of carbonyl (C=O) groups is 2. The molecule has 0 aliphatic rings. The quantitative estimate of drug-likeness (QED) is 0.214. The number of nitrogens with one attached hydrogen (secondary N) is 2. The predicted molar refractivity (Wildman–Crippen MR) is 138 cm³/mol. The SMILES string of the molecule is CC(Cl)(Cl)[C@H](C(=O)Nc1ccc(Cl)c(C(=O)Nc2cc(N)ccc2F)c1)c1ccc(Cl)c(Cl)c1. The Labute approximate surface area is 220 Å². The highest BCUT2D eigenvalue weighted by Crippen LogP contribution is 2.40. The molecular weight excluding hydrogens is 547 g/mol. The van der Waals surface area contributed by atoms with E-state index in [0.717, 1.165) is 6.07 Å². The van der Waals surface area contributed by atoms with Crippen molar-refractivity contribution in [1.29, 1.82) is 0 Å². The molecule has 0 bridgehead atoms. The first-order valence-corrected chi connectivity index (χ1v) is 11.6. The minimum atomic E-state index is -1.52. The Balaban J connectivity index is 1.88. The van der Waals surface area contributed by atoms with Crippen molar-refractivity contribution in [1.82, 2.24) is 0 Å². The summed E-state index contributed by atoms with van der Waals surface area (Å²) in [5.74, 6) is -2.98. The van der Waals surface area contributed by atoms with Crippen molar-refractivity contribution in [3.8, 4) is 0 Å². The first kappa shape index (κ1) is 26.4. The average Bonchev–Trinajstić information content (AvgIpc) is 2.73. The van der Waals surface area contributed by atoms with Gasteiger partial charge in [-0.15, -0.1) is 23.2 Å². The van der Waals surface area contributed by atoms with Gasteiger partial charge in [-0.3, -0.25) is 9.59 Å². The lowest BCUT2D eigenvalue weighted by molar-refractivity contribution is -0.117. The Hall–Kier alpha value is -2.22. The first-order valence-electron chi connectivity index (χ1n) is 9.66. The molecule has 0 spiro atoms. The van der Waals surface area contributed by atoms with Gasteiger partial charge in [-0.1, -0.05) is 40.9 Å². The average molecular weight is 564 g/mol. The summed E-state index contributed by atoms with van der Waals surface area (Å²) in [5.41, 5.74) is 6.46. The van der Waals surface area contributed by atoms with Crippen LogP contribution in [0.3, 0.4) is 0 Å². The van der Waals surface area contributed by atoms with Crippen LogP contribution in [0.25, 0.3) is 0 Å². The standard InChI is InChI=1S/C23H17Cl5FN3O2/c1-23(27,28)20(11-2-5-16(25)17(26)8-11)22(34)31-13-4-6-15(24)14(10-13)21(33)32-19-9-12(30)3-7-18(19)29/h2-10,20H,30H2,1H3,(H,31,34)(H,32,33)/t20-/m0/s1. The van der Waals surface area contributed by atoms with Gasteiger partial charge in [0, 0.05) is 11.4 Å². The molecule has 0 saturated heterocycles. The van der Waals surface area contributed by atoms with Gasteiger partial charge < -0.3 is 16.4 Å². The zero-order chi connectivity index (χ0) is 25.2. The van der Waals surface area contributed by atoms with Gasteiger partial charge >= 0.3 is 0 Å². The van der Waals surface area contributed by atoms with Crippen LogP contribution >= 0.6 is 58.0 Å². The molecule has 0 aromatic heterocycles. The minimum absolute atomic E-state index is 0.00751. The van der Waals surface area contributed by atoms with Crippen LogP contribution in [0.2, 0.25) is 15.1 Å². The summed E-state index contributed by atoms with van der Waals surface area (Å²) in [4.78, 5) is 25.9. The van der Waals surface area contributed by atoms with Gasteiger partial charge in [-0.05, 0) is 61.0 Å². The highest BCUT2D eigenvalue weighted by Gasteiger charge is 2.37. The van der Waals surface area contributed by atoms with Crippen LogP contribution in [0.4, 0.5) is 21.5 Å². The van der Waals surface area contributed by atoms with Gasteiger partial charge in [0.25, 0.3) is 5.91 Å². The van der Waals surface area contributed by atoms with Crippen LogP contribution < -0.4 is 16.4 Å². The second kappa shape index (κ2) is 10.6. The van der Waals surface area contributed by atoms with Gasteiger partial charge in [0.05, 0.1) is 32.2 Å². The lowest BCUT2D eigenvalue weighted by Gasteiger charge is -2.26. The molecule has 0 aliphatic carbocycles. The van der Waals surface area contributed by atoms with Crippen molar-refractivity contribution in [3.63, 3.8) is 0 Å². The van der Waals surface area contributed by atoms with Crippen molar-refractivity contribution in [3.05, 3.63) is 86.6 Å². The third-order valence-corrected chi connectivity index (χ3v) is 6.27. The molecule has 0 fully saturated rings. The van der Waals surface area contributed by atoms with E-state index in [1.54, 1.807) is 6.07 Å². The maximum atomic E-state index is 14.0. The van der Waals surface area contributed by atoms with Crippen molar-refractivity contribution >= 4 is 86.9 Å². The Bertz CT molecular complexity index is 1260. The molecule has 4 N–H and O–H groups in total. The highest BCUT2D eigenvalue weighted by atomic mass is 35.5. The van der Waals surface area contributed by atoms with Crippen LogP contribution in [0.1, 0.15) is 28.8 Å². The number of benzene rings is 3. The molecule has 3 aromatic rings. The normalized spacial score (nSPS) is 12.2. The van der Waals surface area contributed by atoms with E-state index in [9.17, 15) is 14.0 Å². The van der Waals surface area contributed by atoms with Crippen molar-refractivity contribution in [2.24, 2.45) is 0 Å². The van der Waals surface area contributed by atoms with E-state index in [1.807, 2.05) is 0 Å². The number of alkyl halides is 2. The van der Waals surface area contributed by atoms with Crippen LogP contribution in [0.15, 0.2) is 54.6 Å². The van der Waals surface area contributed by atoms with Crippen molar-refractivity contribution in [2.45, 2.75) is 17.2 Å². The first-order chi connectivity index (χ1) is 15.9. The van der Waals surface area contributed by atoms with Gasteiger partial charge in [0.2, 0.25) is 5.91 Å². The zero-order valence-electron chi connectivity index (χ0n) is 17.4. The molecule has 2 amide bonds. The molecule has 0 aliphatic heterocycles. The van der Waals surface area contributed by atoms with E-state index in [0.29, 0.717) is 10.6 Å². The second-order valence-corrected chi connectivity index (χ2v) is 10.4. The summed E-state index contributed by atoms with van der Waals surface area (Å²) in [6, 6.07) is 12.6. The summed E-state index contributed by atoms with van der Waals surface area (Å²) >= 11 is 30.8. The maximum absolute atomic E-state index is 14.0. The molecule has 5 nitrogen and oxygen atoms in total. The van der Waals surface area contributed by atoms with Gasteiger partial charge in [-0.2, -0.15) is 0 Å². The second-order valence-electron chi connectivity index (χ2n) is 7.44. The molecule has 3 rings (SSSR count). The fourth-order valence-corrected chi connectivity index (χ4v) is 4.15. The molecule has 0 heterocycles. The number of nitrogen functional groups attached to an aromatic ring is 1. The summed E-state index contributed by atoms with van der Waals surface area (Å²) < 4.78 is 12.5. The number of nitrogens with two attached hydrogens (primary N) is 1. The van der Waals surface area contributed by atoms with Crippen molar-refractivity contribution < 1.29 is 14.0 Å². The van der Waals surface area contributed by atoms with Crippen LogP contribution in [0, 0.1) is 5.82 Å². The number of halogens is 6. The van der Waals surface area contributed by atoms with Gasteiger partial charge in [0.1, 0.15) is 10.2 Å². The summed E-state index contributed by atoms with van der Waals surface area (Å²) in [5, 5.41) is 5.70. The van der Waals surface area contributed by atoms with Crippen LogP contribution in [0.5, 0.6) is 0 Å². The number of carbonyl (C=O) groups excluding carboxylic acids is 2. The molecule has 178 valence electrons. The van der Waals surface area contributed by atoms with Gasteiger partial charge in [0.15, 0.2) is 0 Å². The number of anilines is 3. The minimum Gasteiger partial charge on any atom is -0.399 e. The van der Waals surface area contributed by atoms with Crippen molar-refractivity contribution in [2.75, 3.05) is 16.4 Å². The Morgan fingerprint density at radius 3 is 2.24 bits per heavy atom. The van der Waals surface area contributed by atoms with Crippen LogP contribution in [-0.2, 0) is 4.79 Å². The van der Waals surface area contributed by atoms with Crippen LogP contribution in [-0.4, -0.2) is 16.1 Å². The maximum Gasteiger partial charge on any atom is 0.257 e. The topological polar surface area (TPSA) is 84.2 Å². The Kier molecular flexibility index (Phi) is 8.22. The lowest BCUT2D eigenvalue weighted by atomic mass is 9.94. The van der Waals surface area contributed by atoms with E-state index in [-0.39, 0.29) is 32.7 Å². The molecule has 0 radical (unpaired) electrons. The number of hydrogen-bond acceptors (Lipinski definition) is 3. The van der Waals surface area contributed by atoms with E-state index in [4.69, 9.17) is 63.7 Å². The summed E-state index contributed by atoms with van der Waals surface area (Å²) in [6.45, 7) is 1.46. The Morgan fingerprint density at radius 1 is 0.912 bits per heavy atom. The molecule has 3 aromatic carbocycles. The summed E-state index contributed by atoms with van der Waals surface area (Å²) in [6.07, 6.45) is 0. The molecule has 11 heteroatoms. The van der Waals surface area contributed by atoms with E-state index in [1.165, 1.54) is 49.4 Å². The van der Waals surface area contributed by atoms with E-state index in [2.05, 4.69) is 10.6 Å². The van der Waals surface area contributed by atoms with Gasteiger partial charge in [-0.25, -0.2) is 4.39 Å². The Morgan fingerprint density at radius 2 is 1.59 bits per heavy atom. The smallest absolute Gasteiger partial charge is 0.257 e. The largest absolute Gasteiger partial charge is 0.399 e. The number of rotatable bonds is 6. The third-order valence-electron chi connectivity index (χ3n) is 4.76. The monoisotopic (exact) mass is 561 g/mol. The molecule has 0 unspecified atom stereocenters. The third kappa shape index (κ3) is 6.26. The molecule has 0 saturated carbocycles. The number of hydrogen-bond donors (Lipinski definition) is 3. The number of amides is 2. The highest BCUT2D eigenvalue weighted by molar-refractivity contribution is 6.50. The molecule has 34 heavy (non-hydrogen) atoms. The van der Waals surface area contributed by atoms with E-state index < -0.39 is 27.9 Å². The zero-order valence-corrected chi connectivity index (χ0v) is 21.2. The molecule has 1 atom stereocenters. The molecular formula is C23H17Cl5FN3O2. The fraction of sp³-hybridized carbons (Fsp3) is 0.130.